The summed E-state index contributed by atoms with van der Waals surface area (Å²) in [7, 11) is 1.50. The summed E-state index contributed by atoms with van der Waals surface area (Å²) < 4.78 is 17.9. The fourth-order valence-electron chi connectivity index (χ4n) is 1.27. The lowest BCUT2D eigenvalue weighted by Gasteiger charge is -2.05. The van der Waals surface area contributed by atoms with E-state index in [-0.39, 0.29) is 5.82 Å². The van der Waals surface area contributed by atoms with Crippen LogP contribution in [0.25, 0.3) is 11.4 Å². The van der Waals surface area contributed by atoms with Gasteiger partial charge in [-0.25, -0.2) is 9.37 Å². The summed E-state index contributed by atoms with van der Waals surface area (Å²) in [6.07, 6.45) is 3.34. The largest absolute Gasteiger partial charge is 0.496 e. The molecule has 1 aromatic carbocycles. The second-order valence-electron chi connectivity index (χ2n) is 2.78. The van der Waals surface area contributed by atoms with E-state index in [1.165, 1.54) is 19.2 Å². The van der Waals surface area contributed by atoms with E-state index in [0.717, 1.165) is 5.56 Å². The van der Waals surface area contributed by atoms with Gasteiger partial charge < -0.3 is 9.72 Å². The van der Waals surface area contributed by atoms with Crippen molar-refractivity contribution in [2.75, 3.05) is 7.11 Å². The van der Waals surface area contributed by atoms with Gasteiger partial charge in [0.15, 0.2) is 0 Å². The van der Waals surface area contributed by atoms with Crippen LogP contribution in [-0.4, -0.2) is 17.1 Å². The molecule has 0 atom stereocenters. The number of aromatic nitrogens is 2. The van der Waals surface area contributed by atoms with Gasteiger partial charge in [0.1, 0.15) is 17.4 Å². The van der Waals surface area contributed by atoms with Crippen molar-refractivity contribution >= 4 is 0 Å². The molecule has 0 bridgehead atoms. The maximum Gasteiger partial charge on any atom is 0.141 e. The van der Waals surface area contributed by atoms with Gasteiger partial charge in [-0.1, -0.05) is 0 Å². The molecule has 0 aliphatic heterocycles. The van der Waals surface area contributed by atoms with Gasteiger partial charge in [-0.05, 0) is 12.1 Å². The monoisotopic (exact) mass is 192 g/mol. The highest BCUT2D eigenvalue weighted by atomic mass is 19.1. The van der Waals surface area contributed by atoms with Crippen LogP contribution in [0.4, 0.5) is 4.39 Å². The van der Waals surface area contributed by atoms with Crippen LogP contribution in [0.3, 0.4) is 0 Å². The first-order valence-corrected chi connectivity index (χ1v) is 4.14. The molecule has 72 valence electrons. The van der Waals surface area contributed by atoms with Gasteiger partial charge in [-0.15, -0.1) is 0 Å². The van der Waals surface area contributed by atoms with Crippen LogP contribution in [0.5, 0.6) is 5.75 Å². The summed E-state index contributed by atoms with van der Waals surface area (Å²) >= 11 is 0. The molecule has 0 amide bonds. The van der Waals surface area contributed by atoms with Crippen LogP contribution >= 0.6 is 0 Å². The van der Waals surface area contributed by atoms with Crippen molar-refractivity contribution in [2.24, 2.45) is 0 Å². The number of methoxy groups -OCH3 is 1. The molecule has 1 aromatic heterocycles. The minimum absolute atomic E-state index is 0.322. The third kappa shape index (κ3) is 1.46. The molecule has 0 spiro atoms. The Morgan fingerprint density at radius 2 is 2.29 bits per heavy atom. The zero-order chi connectivity index (χ0) is 9.97. The highest BCUT2D eigenvalue weighted by molar-refractivity contribution is 5.63. The van der Waals surface area contributed by atoms with Crippen LogP contribution in [0.15, 0.2) is 30.6 Å². The molecule has 4 heteroatoms. The Hall–Kier alpha value is -1.84. The second-order valence-corrected chi connectivity index (χ2v) is 2.78. The fourth-order valence-corrected chi connectivity index (χ4v) is 1.27. The molecular formula is C10H9FN2O. The molecule has 0 aliphatic rings. The molecule has 0 radical (unpaired) electrons. The number of ether oxygens (including phenoxy) is 1. The summed E-state index contributed by atoms with van der Waals surface area (Å²) in [5.74, 6) is 0.818. The van der Waals surface area contributed by atoms with E-state index in [1.807, 2.05) is 0 Å². The molecule has 0 saturated carbocycles. The van der Waals surface area contributed by atoms with Gasteiger partial charge in [0.25, 0.3) is 0 Å². The highest BCUT2D eigenvalue weighted by Gasteiger charge is 2.08. The number of aromatic amines is 1. The number of halogens is 1. The number of hydrogen-bond acceptors (Lipinski definition) is 2. The maximum atomic E-state index is 12.9. The molecule has 3 nitrogen and oxygen atoms in total. The molecule has 0 aliphatic carbocycles. The molecular weight excluding hydrogens is 183 g/mol. The predicted molar refractivity (Wildman–Crippen MR) is 50.5 cm³/mol. The summed E-state index contributed by atoms with van der Waals surface area (Å²) in [6.45, 7) is 0. The van der Waals surface area contributed by atoms with Crippen molar-refractivity contribution in [2.45, 2.75) is 0 Å². The van der Waals surface area contributed by atoms with Crippen LogP contribution < -0.4 is 4.74 Å². The third-order valence-electron chi connectivity index (χ3n) is 1.92. The van der Waals surface area contributed by atoms with Gasteiger partial charge >= 0.3 is 0 Å². The van der Waals surface area contributed by atoms with Crippen molar-refractivity contribution in [1.29, 1.82) is 0 Å². The summed E-state index contributed by atoms with van der Waals surface area (Å²) in [6, 6.07) is 4.34. The summed E-state index contributed by atoms with van der Waals surface area (Å²) in [5.41, 5.74) is 0.749. The summed E-state index contributed by atoms with van der Waals surface area (Å²) in [4.78, 5) is 7.00. The molecule has 0 unspecified atom stereocenters. The van der Waals surface area contributed by atoms with Crippen molar-refractivity contribution in [3.63, 3.8) is 0 Å². The topological polar surface area (TPSA) is 37.9 Å². The van der Waals surface area contributed by atoms with E-state index in [1.54, 1.807) is 18.5 Å². The van der Waals surface area contributed by atoms with Crippen molar-refractivity contribution in [3.05, 3.63) is 36.4 Å². The van der Waals surface area contributed by atoms with E-state index in [0.29, 0.717) is 11.6 Å². The van der Waals surface area contributed by atoms with E-state index in [9.17, 15) is 4.39 Å². The number of hydrogen-bond donors (Lipinski definition) is 1. The van der Waals surface area contributed by atoms with E-state index < -0.39 is 0 Å². The minimum Gasteiger partial charge on any atom is -0.496 e. The quantitative estimate of drug-likeness (QED) is 0.792. The Kier molecular flexibility index (Phi) is 2.18. The zero-order valence-corrected chi connectivity index (χ0v) is 7.62. The van der Waals surface area contributed by atoms with Gasteiger partial charge in [0, 0.05) is 18.5 Å². The standard InChI is InChI=1S/C10H9FN2O/c1-14-9-6-7(11)2-3-8(9)10-12-4-5-13-10/h2-6H,1H3,(H,12,13). The van der Waals surface area contributed by atoms with Crippen molar-refractivity contribution < 1.29 is 9.13 Å². The molecule has 1 heterocycles. The lowest BCUT2D eigenvalue weighted by molar-refractivity contribution is 0.412. The van der Waals surface area contributed by atoms with Crippen molar-refractivity contribution in [3.8, 4) is 17.1 Å². The van der Waals surface area contributed by atoms with Crippen LogP contribution in [0, 0.1) is 5.82 Å². The fraction of sp³-hybridized carbons (Fsp3) is 0.100. The second kappa shape index (κ2) is 3.49. The number of nitrogens with zero attached hydrogens (tertiary/aromatic N) is 1. The number of benzene rings is 1. The Labute approximate surface area is 80.6 Å². The van der Waals surface area contributed by atoms with Gasteiger partial charge in [0.05, 0.1) is 12.7 Å². The molecule has 0 saturated heterocycles. The smallest absolute Gasteiger partial charge is 0.141 e. The molecule has 0 fully saturated rings. The number of nitrogens with one attached hydrogen (secondary N) is 1. The summed E-state index contributed by atoms with van der Waals surface area (Å²) in [5, 5.41) is 0. The Morgan fingerprint density at radius 3 is 2.93 bits per heavy atom. The number of imidazole rings is 1. The molecule has 2 aromatic rings. The van der Waals surface area contributed by atoms with Gasteiger partial charge in [0.2, 0.25) is 0 Å². The van der Waals surface area contributed by atoms with E-state index >= 15 is 0 Å². The first-order chi connectivity index (χ1) is 6.81. The first kappa shape index (κ1) is 8.74. The average Bonchev–Trinajstić information content (AvgIpc) is 2.70. The lowest BCUT2D eigenvalue weighted by atomic mass is 10.2. The zero-order valence-electron chi connectivity index (χ0n) is 7.62. The predicted octanol–water partition coefficient (Wildman–Crippen LogP) is 2.22. The van der Waals surface area contributed by atoms with Crippen LogP contribution in [0.2, 0.25) is 0 Å². The molecule has 1 N–H and O–H groups in total. The SMILES string of the molecule is COc1cc(F)ccc1-c1ncc[nH]1. The Balaban J connectivity index is 2.53. The average molecular weight is 192 g/mol. The number of H-pyrrole nitrogens is 1. The first-order valence-electron chi connectivity index (χ1n) is 4.14. The van der Waals surface area contributed by atoms with Crippen LogP contribution in [-0.2, 0) is 0 Å². The number of rotatable bonds is 2. The van der Waals surface area contributed by atoms with E-state index in [4.69, 9.17) is 4.74 Å². The molecule has 2 rings (SSSR count). The van der Waals surface area contributed by atoms with Crippen LogP contribution in [0.1, 0.15) is 0 Å². The van der Waals surface area contributed by atoms with E-state index in [2.05, 4.69) is 9.97 Å². The van der Waals surface area contributed by atoms with Gasteiger partial charge in [-0.3, -0.25) is 0 Å². The third-order valence-corrected chi connectivity index (χ3v) is 1.92. The Bertz CT molecular complexity index is 426. The lowest BCUT2D eigenvalue weighted by Crippen LogP contribution is -1.90. The maximum absolute atomic E-state index is 12.9. The van der Waals surface area contributed by atoms with Crippen molar-refractivity contribution in [1.82, 2.24) is 9.97 Å². The molecule has 14 heavy (non-hydrogen) atoms. The normalized spacial score (nSPS) is 10.1. The minimum atomic E-state index is -0.322. The highest BCUT2D eigenvalue weighted by Crippen LogP contribution is 2.27. The van der Waals surface area contributed by atoms with Gasteiger partial charge in [-0.2, -0.15) is 0 Å². The Morgan fingerprint density at radius 1 is 1.43 bits per heavy atom.